The molecule has 1 unspecified atom stereocenters. The Morgan fingerprint density at radius 2 is 2.07 bits per heavy atom. The number of hydrogen-bond acceptors (Lipinski definition) is 2. The van der Waals surface area contributed by atoms with Gasteiger partial charge in [-0.3, -0.25) is 4.21 Å². The van der Waals surface area contributed by atoms with Crippen molar-refractivity contribution in [1.82, 2.24) is 0 Å². The standard InChI is InChI=1S/C12H16O2S/c1-15(13)9-11-7-8-12(14-11)10-5-3-2-4-6-10/h2-6,11-12H,7-9H2,1H3/t11-,12-,15?/m1/s1. The lowest BCUT2D eigenvalue weighted by Gasteiger charge is -2.12. The molecule has 1 aromatic carbocycles. The predicted molar refractivity (Wildman–Crippen MR) is 62.2 cm³/mol. The largest absolute Gasteiger partial charge is 0.369 e. The summed E-state index contributed by atoms with van der Waals surface area (Å²) in [7, 11) is -0.752. The molecule has 0 aliphatic carbocycles. The molecule has 0 spiro atoms. The summed E-state index contributed by atoms with van der Waals surface area (Å²) in [5.41, 5.74) is 1.24. The topological polar surface area (TPSA) is 26.3 Å². The Morgan fingerprint density at radius 3 is 2.73 bits per heavy atom. The van der Waals surface area contributed by atoms with Crippen molar-refractivity contribution in [3.05, 3.63) is 35.9 Å². The van der Waals surface area contributed by atoms with Gasteiger partial charge in [0, 0.05) is 22.8 Å². The predicted octanol–water partition coefficient (Wildman–Crippen LogP) is 2.29. The molecule has 0 radical (unpaired) electrons. The van der Waals surface area contributed by atoms with Crippen molar-refractivity contribution < 1.29 is 8.95 Å². The lowest BCUT2D eigenvalue weighted by atomic mass is 10.1. The number of benzene rings is 1. The Labute approximate surface area is 93.1 Å². The molecule has 0 N–H and O–H groups in total. The van der Waals surface area contributed by atoms with E-state index in [2.05, 4.69) is 12.1 Å². The molecule has 1 saturated heterocycles. The van der Waals surface area contributed by atoms with Crippen LogP contribution in [0, 0.1) is 0 Å². The first-order chi connectivity index (χ1) is 7.25. The van der Waals surface area contributed by atoms with E-state index in [1.807, 2.05) is 18.2 Å². The third kappa shape index (κ3) is 2.89. The third-order valence-corrected chi connectivity index (χ3v) is 3.54. The monoisotopic (exact) mass is 224 g/mol. The molecule has 1 fully saturated rings. The zero-order chi connectivity index (χ0) is 10.7. The van der Waals surface area contributed by atoms with E-state index in [-0.39, 0.29) is 12.2 Å². The van der Waals surface area contributed by atoms with Crippen molar-refractivity contribution in [2.45, 2.75) is 25.0 Å². The Hall–Kier alpha value is -0.670. The van der Waals surface area contributed by atoms with Crippen LogP contribution in [0.1, 0.15) is 24.5 Å². The summed E-state index contributed by atoms with van der Waals surface area (Å²) < 4.78 is 16.9. The highest BCUT2D eigenvalue weighted by Gasteiger charge is 2.26. The Bertz CT molecular complexity index is 337. The highest BCUT2D eigenvalue weighted by molar-refractivity contribution is 7.84. The van der Waals surface area contributed by atoms with E-state index in [9.17, 15) is 4.21 Å². The van der Waals surface area contributed by atoms with Gasteiger partial charge in [0.15, 0.2) is 0 Å². The number of hydrogen-bond donors (Lipinski definition) is 0. The van der Waals surface area contributed by atoms with Gasteiger partial charge >= 0.3 is 0 Å². The number of rotatable bonds is 3. The molecule has 1 heterocycles. The third-order valence-electron chi connectivity index (χ3n) is 2.70. The fraction of sp³-hybridized carbons (Fsp3) is 0.500. The van der Waals surface area contributed by atoms with Crippen molar-refractivity contribution in [3.8, 4) is 0 Å². The van der Waals surface area contributed by atoms with Crippen LogP contribution in [0.2, 0.25) is 0 Å². The summed E-state index contributed by atoms with van der Waals surface area (Å²) in [6.45, 7) is 0. The molecular weight excluding hydrogens is 208 g/mol. The molecule has 1 aliphatic heterocycles. The molecule has 82 valence electrons. The smallest absolute Gasteiger partial charge is 0.0830 e. The van der Waals surface area contributed by atoms with Crippen molar-refractivity contribution in [2.24, 2.45) is 0 Å². The van der Waals surface area contributed by atoms with Crippen LogP contribution in [0.25, 0.3) is 0 Å². The molecule has 15 heavy (non-hydrogen) atoms. The Balaban J connectivity index is 1.96. The Kier molecular flexibility index (Phi) is 3.54. The minimum Gasteiger partial charge on any atom is -0.369 e. The minimum absolute atomic E-state index is 0.182. The van der Waals surface area contributed by atoms with Gasteiger partial charge in [0.2, 0.25) is 0 Å². The normalized spacial score (nSPS) is 27.8. The van der Waals surface area contributed by atoms with Gasteiger partial charge in [0.05, 0.1) is 12.2 Å². The first-order valence-corrected chi connectivity index (χ1v) is 6.99. The summed E-state index contributed by atoms with van der Waals surface area (Å²) in [5, 5.41) is 0. The average Bonchev–Trinajstić information content (AvgIpc) is 2.67. The first kappa shape index (κ1) is 10.8. The van der Waals surface area contributed by atoms with Crippen LogP contribution in [0.3, 0.4) is 0 Å². The molecule has 0 aromatic heterocycles. The van der Waals surface area contributed by atoms with Crippen LogP contribution >= 0.6 is 0 Å². The van der Waals surface area contributed by atoms with E-state index < -0.39 is 10.8 Å². The number of ether oxygens (including phenoxy) is 1. The second-order valence-corrected chi connectivity index (χ2v) is 5.45. The zero-order valence-electron chi connectivity index (χ0n) is 8.89. The molecule has 0 amide bonds. The maximum absolute atomic E-state index is 11.1. The molecule has 0 saturated carbocycles. The highest BCUT2D eigenvalue weighted by atomic mass is 32.2. The highest BCUT2D eigenvalue weighted by Crippen LogP contribution is 2.32. The molecule has 1 aliphatic rings. The van der Waals surface area contributed by atoms with Crippen molar-refractivity contribution in [3.63, 3.8) is 0 Å². The van der Waals surface area contributed by atoms with Crippen molar-refractivity contribution >= 4 is 10.8 Å². The van der Waals surface area contributed by atoms with Crippen LogP contribution in [0.15, 0.2) is 30.3 Å². The fourth-order valence-corrected chi connectivity index (χ4v) is 2.77. The molecular formula is C12H16O2S. The first-order valence-electron chi connectivity index (χ1n) is 5.26. The van der Waals surface area contributed by atoms with E-state index in [1.165, 1.54) is 5.56 Å². The molecule has 1 aromatic rings. The van der Waals surface area contributed by atoms with Gasteiger partial charge in [-0.25, -0.2) is 0 Å². The maximum Gasteiger partial charge on any atom is 0.0830 e. The zero-order valence-corrected chi connectivity index (χ0v) is 9.70. The van der Waals surface area contributed by atoms with E-state index in [4.69, 9.17) is 4.74 Å². The summed E-state index contributed by atoms with van der Waals surface area (Å²) in [6, 6.07) is 10.3. The lowest BCUT2D eigenvalue weighted by Crippen LogP contribution is -2.15. The second-order valence-electron chi connectivity index (χ2n) is 3.97. The van der Waals surface area contributed by atoms with E-state index in [0.29, 0.717) is 5.75 Å². The van der Waals surface area contributed by atoms with Gasteiger partial charge in [0.25, 0.3) is 0 Å². The lowest BCUT2D eigenvalue weighted by molar-refractivity contribution is 0.0578. The molecule has 3 heteroatoms. The van der Waals surface area contributed by atoms with Gasteiger partial charge in [-0.15, -0.1) is 0 Å². The summed E-state index contributed by atoms with van der Waals surface area (Å²) >= 11 is 0. The van der Waals surface area contributed by atoms with Crippen LogP contribution in [-0.4, -0.2) is 22.3 Å². The summed E-state index contributed by atoms with van der Waals surface area (Å²) in [5.74, 6) is 0.670. The Morgan fingerprint density at radius 1 is 1.33 bits per heavy atom. The van der Waals surface area contributed by atoms with Crippen molar-refractivity contribution in [1.29, 1.82) is 0 Å². The van der Waals surface area contributed by atoms with Crippen LogP contribution in [0.4, 0.5) is 0 Å². The minimum atomic E-state index is -0.752. The van der Waals surface area contributed by atoms with Gasteiger partial charge in [-0.1, -0.05) is 30.3 Å². The summed E-state index contributed by atoms with van der Waals surface area (Å²) in [4.78, 5) is 0. The molecule has 2 nitrogen and oxygen atoms in total. The molecule has 0 bridgehead atoms. The van der Waals surface area contributed by atoms with Gasteiger partial charge in [0.1, 0.15) is 0 Å². The second kappa shape index (κ2) is 4.90. The van der Waals surface area contributed by atoms with Gasteiger partial charge < -0.3 is 4.74 Å². The average molecular weight is 224 g/mol. The molecule has 2 rings (SSSR count). The van der Waals surface area contributed by atoms with Crippen LogP contribution in [0.5, 0.6) is 0 Å². The quantitative estimate of drug-likeness (QED) is 0.787. The van der Waals surface area contributed by atoms with E-state index >= 15 is 0 Å². The van der Waals surface area contributed by atoms with Gasteiger partial charge in [-0.05, 0) is 18.4 Å². The van der Waals surface area contributed by atoms with E-state index in [1.54, 1.807) is 6.26 Å². The maximum atomic E-state index is 11.1. The summed E-state index contributed by atoms with van der Waals surface area (Å²) in [6.07, 6.45) is 4.20. The van der Waals surface area contributed by atoms with Crippen molar-refractivity contribution in [2.75, 3.05) is 12.0 Å². The fourth-order valence-electron chi connectivity index (χ4n) is 2.00. The van der Waals surface area contributed by atoms with E-state index in [0.717, 1.165) is 12.8 Å². The van der Waals surface area contributed by atoms with Crippen LogP contribution < -0.4 is 0 Å². The molecule has 3 atom stereocenters. The SMILES string of the molecule is CS(=O)C[C@H]1CC[C@H](c2ccccc2)O1. The van der Waals surface area contributed by atoms with Crippen LogP contribution in [-0.2, 0) is 15.5 Å². The van der Waals surface area contributed by atoms with Gasteiger partial charge in [-0.2, -0.15) is 0 Å².